The fraction of sp³-hybridized carbons (Fsp3) is 0.767. The summed E-state index contributed by atoms with van der Waals surface area (Å²) in [5.74, 6) is 1.43. The van der Waals surface area contributed by atoms with Crippen molar-refractivity contribution in [2.75, 3.05) is 7.11 Å². The summed E-state index contributed by atoms with van der Waals surface area (Å²) in [6.45, 7) is 15.1. The Morgan fingerprint density at radius 2 is 1.79 bits per heavy atom. The first-order valence-electron chi connectivity index (χ1n) is 13.3. The second-order valence-corrected chi connectivity index (χ2v) is 12.5. The number of hydrogen-bond donors (Lipinski definition) is 0. The van der Waals surface area contributed by atoms with Crippen LogP contribution in [0.2, 0.25) is 0 Å². The van der Waals surface area contributed by atoms with Gasteiger partial charge in [-0.25, -0.2) is 0 Å². The van der Waals surface area contributed by atoms with Crippen molar-refractivity contribution in [3.05, 3.63) is 23.3 Å². The summed E-state index contributed by atoms with van der Waals surface area (Å²) < 4.78 is 4.95. The van der Waals surface area contributed by atoms with Gasteiger partial charge in [-0.15, -0.1) is 0 Å². The van der Waals surface area contributed by atoms with Crippen molar-refractivity contribution in [2.45, 2.75) is 99.8 Å². The van der Waals surface area contributed by atoms with Crippen molar-refractivity contribution >= 4 is 17.5 Å². The molecule has 7 atom stereocenters. The normalized spacial score (nSPS) is 37.6. The second-order valence-electron chi connectivity index (χ2n) is 12.5. The van der Waals surface area contributed by atoms with Gasteiger partial charge in [0.15, 0.2) is 5.78 Å². The van der Waals surface area contributed by atoms with Gasteiger partial charge < -0.3 is 4.74 Å². The molecule has 0 aliphatic heterocycles. The van der Waals surface area contributed by atoms with Gasteiger partial charge in [-0.05, 0) is 99.4 Å². The summed E-state index contributed by atoms with van der Waals surface area (Å²) in [5.41, 5.74) is 2.59. The first-order chi connectivity index (χ1) is 15.8. The van der Waals surface area contributed by atoms with E-state index in [0.29, 0.717) is 37.0 Å². The fourth-order valence-electron chi connectivity index (χ4n) is 8.39. The Morgan fingerprint density at radius 3 is 2.38 bits per heavy atom. The van der Waals surface area contributed by atoms with Crippen LogP contribution in [0.4, 0.5) is 0 Å². The molecule has 7 unspecified atom stereocenters. The molecule has 3 aliphatic rings. The van der Waals surface area contributed by atoms with E-state index >= 15 is 0 Å². The van der Waals surface area contributed by atoms with E-state index < -0.39 is 0 Å². The highest BCUT2D eigenvalue weighted by Gasteiger charge is 2.63. The van der Waals surface area contributed by atoms with Crippen molar-refractivity contribution < 1.29 is 19.1 Å². The molecule has 2 fully saturated rings. The van der Waals surface area contributed by atoms with Gasteiger partial charge in [0.2, 0.25) is 0 Å². The lowest BCUT2D eigenvalue weighted by Crippen LogP contribution is -2.53. The Hall–Kier alpha value is -1.71. The summed E-state index contributed by atoms with van der Waals surface area (Å²) >= 11 is 0. The average molecular weight is 471 g/mol. The maximum absolute atomic E-state index is 12.7. The third kappa shape index (κ3) is 4.46. The zero-order valence-corrected chi connectivity index (χ0v) is 22.8. The smallest absolute Gasteiger partial charge is 0.305 e. The van der Waals surface area contributed by atoms with Gasteiger partial charge in [-0.1, -0.05) is 44.9 Å². The molecule has 0 spiro atoms. The molecule has 0 aromatic heterocycles. The molecule has 0 N–H and O–H groups in total. The number of carbonyl (C=O) groups is 3. The van der Waals surface area contributed by atoms with Crippen molar-refractivity contribution in [3.8, 4) is 0 Å². The highest BCUT2D eigenvalue weighted by atomic mass is 16.5. The Labute approximate surface area is 207 Å². The van der Waals surface area contributed by atoms with Crippen LogP contribution in [0.3, 0.4) is 0 Å². The lowest BCUT2D eigenvalue weighted by molar-refractivity contribution is -0.143. The van der Waals surface area contributed by atoms with Crippen LogP contribution in [0.1, 0.15) is 99.8 Å². The Bertz CT molecular complexity index is 893. The molecule has 0 bridgehead atoms. The highest BCUT2D eigenvalue weighted by Crippen LogP contribution is 2.71. The topological polar surface area (TPSA) is 60.4 Å². The van der Waals surface area contributed by atoms with Crippen molar-refractivity contribution in [1.82, 2.24) is 0 Å². The van der Waals surface area contributed by atoms with E-state index in [4.69, 9.17) is 4.74 Å². The van der Waals surface area contributed by atoms with E-state index in [1.165, 1.54) is 12.7 Å². The van der Waals surface area contributed by atoms with Gasteiger partial charge in [-0.2, -0.15) is 0 Å². The maximum atomic E-state index is 12.7. The van der Waals surface area contributed by atoms with Crippen LogP contribution in [0.25, 0.3) is 0 Å². The van der Waals surface area contributed by atoms with Gasteiger partial charge in [0.05, 0.1) is 7.11 Å². The molecule has 3 aliphatic carbocycles. The number of rotatable bonds is 8. The zero-order valence-electron chi connectivity index (χ0n) is 22.8. The van der Waals surface area contributed by atoms with Crippen LogP contribution in [0.5, 0.6) is 0 Å². The first-order valence-corrected chi connectivity index (χ1v) is 13.3. The van der Waals surface area contributed by atoms with Gasteiger partial charge >= 0.3 is 5.97 Å². The van der Waals surface area contributed by atoms with Crippen LogP contribution < -0.4 is 0 Å². The van der Waals surface area contributed by atoms with Crippen LogP contribution in [0.15, 0.2) is 23.3 Å². The number of Topliss-reactive ketones (excluding diaryl/α,β-unsaturated/α-hetero) is 1. The molecule has 0 radical (unpaired) electrons. The highest BCUT2D eigenvalue weighted by molar-refractivity contribution is 5.90. The minimum Gasteiger partial charge on any atom is -0.469 e. The van der Waals surface area contributed by atoms with Gasteiger partial charge in [0, 0.05) is 18.8 Å². The number of methoxy groups -OCH3 is 1. The quantitative estimate of drug-likeness (QED) is 0.220. The van der Waals surface area contributed by atoms with Gasteiger partial charge in [-0.3, -0.25) is 14.4 Å². The van der Waals surface area contributed by atoms with Crippen molar-refractivity contribution in [3.63, 3.8) is 0 Å². The molecule has 0 amide bonds. The van der Waals surface area contributed by atoms with E-state index in [-0.39, 0.29) is 39.7 Å². The molecular formula is C30H46O4. The summed E-state index contributed by atoms with van der Waals surface area (Å²) in [6, 6.07) is 0. The Morgan fingerprint density at radius 1 is 1.12 bits per heavy atom. The van der Waals surface area contributed by atoms with Crippen LogP contribution >= 0.6 is 0 Å². The minimum absolute atomic E-state index is 0.0447. The molecule has 0 aromatic carbocycles. The largest absolute Gasteiger partial charge is 0.469 e. The standard InChI is InChI=1S/C30H46O4/c1-19(2)17-22(32)18-20(3)23-11-15-30(7)26-10-9-24(21(4)31)28(5,14-13-27(33)34-8)25(26)12-16-29(23,30)6/h10,17,20,23-25H,9,11-16,18H2,1-8H3. The van der Waals surface area contributed by atoms with E-state index in [0.717, 1.165) is 37.7 Å². The Kier molecular flexibility index (Phi) is 7.70. The monoisotopic (exact) mass is 470 g/mol. The van der Waals surface area contributed by atoms with Crippen LogP contribution in [-0.4, -0.2) is 24.6 Å². The molecule has 4 nitrogen and oxygen atoms in total. The lowest BCUT2D eigenvalue weighted by atomic mass is 9.44. The molecule has 2 saturated carbocycles. The lowest BCUT2D eigenvalue weighted by Gasteiger charge is -2.60. The first kappa shape index (κ1) is 26.9. The van der Waals surface area contributed by atoms with E-state index in [9.17, 15) is 14.4 Å². The molecule has 34 heavy (non-hydrogen) atoms. The van der Waals surface area contributed by atoms with E-state index in [2.05, 4.69) is 33.8 Å². The summed E-state index contributed by atoms with van der Waals surface area (Å²) in [5, 5.41) is 0. The zero-order chi connectivity index (χ0) is 25.5. The summed E-state index contributed by atoms with van der Waals surface area (Å²) in [7, 11) is 1.44. The molecular weight excluding hydrogens is 424 g/mol. The fourth-order valence-corrected chi connectivity index (χ4v) is 8.39. The SMILES string of the molecule is COC(=O)CCC1(C)C(C(C)=O)CC=C2C1CCC1(C)C(C(C)CC(=O)C=C(C)C)CCC21C. The Balaban J connectivity index is 1.92. The van der Waals surface area contributed by atoms with E-state index in [1.54, 1.807) is 13.0 Å². The van der Waals surface area contributed by atoms with Crippen LogP contribution in [-0.2, 0) is 19.1 Å². The summed E-state index contributed by atoms with van der Waals surface area (Å²) in [6.07, 6.45) is 11.1. The van der Waals surface area contributed by atoms with Crippen molar-refractivity contribution in [2.24, 2.45) is 39.9 Å². The number of allylic oxidation sites excluding steroid dienone is 4. The number of hydrogen-bond acceptors (Lipinski definition) is 4. The number of ketones is 2. The van der Waals surface area contributed by atoms with Gasteiger partial charge in [0.1, 0.15) is 5.78 Å². The maximum Gasteiger partial charge on any atom is 0.305 e. The molecule has 190 valence electrons. The average Bonchev–Trinajstić information content (AvgIpc) is 3.03. The number of ether oxygens (including phenoxy) is 1. The third-order valence-electron chi connectivity index (χ3n) is 10.4. The number of carbonyl (C=O) groups excluding carboxylic acids is 3. The third-order valence-corrected chi connectivity index (χ3v) is 10.4. The van der Waals surface area contributed by atoms with E-state index in [1.807, 2.05) is 13.8 Å². The predicted octanol–water partition coefficient (Wildman–Crippen LogP) is 6.88. The molecule has 0 heterocycles. The minimum atomic E-state index is -0.225. The molecule has 3 rings (SSSR count). The molecule has 4 heteroatoms. The number of esters is 1. The second kappa shape index (κ2) is 9.74. The van der Waals surface area contributed by atoms with Crippen molar-refractivity contribution in [1.29, 1.82) is 0 Å². The predicted molar refractivity (Wildman–Crippen MR) is 136 cm³/mol. The van der Waals surface area contributed by atoms with Gasteiger partial charge in [0.25, 0.3) is 0 Å². The van der Waals surface area contributed by atoms with Crippen LogP contribution in [0, 0.1) is 39.9 Å². The summed E-state index contributed by atoms with van der Waals surface area (Å²) in [4.78, 5) is 37.3. The molecule has 0 aromatic rings. The number of fused-ring (bicyclic) bond motifs is 3. The molecule has 0 saturated heterocycles.